The maximum atomic E-state index is 11.0. The summed E-state index contributed by atoms with van der Waals surface area (Å²) in [5, 5.41) is 13.0. The van der Waals surface area contributed by atoms with E-state index in [4.69, 9.17) is 9.63 Å². The predicted molar refractivity (Wildman–Crippen MR) is 70.3 cm³/mol. The van der Waals surface area contributed by atoms with Crippen molar-refractivity contribution in [2.24, 2.45) is 11.8 Å². The van der Waals surface area contributed by atoms with Crippen LogP contribution in [0.15, 0.2) is 28.8 Å². The van der Waals surface area contributed by atoms with Crippen molar-refractivity contribution in [3.05, 3.63) is 35.7 Å². The van der Waals surface area contributed by atoms with Crippen molar-refractivity contribution in [1.29, 1.82) is 0 Å². The average Bonchev–Trinajstić information content (AvgIpc) is 2.92. The topological polar surface area (TPSA) is 76.2 Å². The van der Waals surface area contributed by atoms with Crippen LogP contribution in [-0.2, 0) is 0 Å². The number of aromatic carboxylic acids is 1. The lowest BCUT2D eigenvalue weighted by molar-refractivity contribution is 0.0697. The first-order chi connectivity index (χ1) is 9.70. The second kappa shape index (κ2) is 4.16. The van der Waals surface area contributed by atoms with Crippen LogP contribution in [0.2, 0.25) is 0 Å². The Morgan fingerprint density at radius 1 is 1.25 bits per heavy atom. The van der Waals surface area contributed by atoms with Crippen molar-refractivity contribution in [2.45, 2.75) is 25.2 Å². The number of benzene rings is 1. The van der Waals surface area contributed by atoms with Crippen molar-refractivity contribution in [2.75, 3.05) is 0 Å². The summed E-state index contributed by atoms with van der Waals surface area (Å²) in [6.07, 6.45) is 3.67. The van der Waals surface area contributed by atoms with Gasteiger partial charge in [0.1, 0.15) is 0 Å². The zero-order chi connectivity index (χ0) is 13.7. The van der Waals surface area contributed by atoms with Crippen LogP contribution in [0.5, 0.6) is 0 Å². The molecule has 0 aliphatic heterocycles. The third kappa shape index (κ3) is 1.90. The summed E-state index contributed by atoms with van der Waals surface area (Å²) >= 11 is 0. The van der Waals surface area contributed by atoms with E-state index in [1.807, 2.05) is 0 Å². The van der Waals surface area contributed by atoms with Crippen molar-refractivity contribution >= 4 is 5.97 Å². The monoisotopic (exact) mass is 270 g/mol. The fraction of sp³-hybridized carbons (Fsp3) is 0.400. The minimum atomic E-state index is -0.952. The summed E-state index contributed by atoms with van der Waals surface area (Å²) in [5.41, 5.74) is 0.916. The quantitative estimate of drug-likeness (QED) is 0.927. The molecule has 2 fully saturated rings. The van der Waals surface area contributed by atoms with Gasteiger partial charge in [0.15, 0.2) is 0 Å². The maximum absolute atomic E-state index is 11.0. The van der Waals surface area contributed by atoms with Crippen molar-refractivity contribution in [3.8, 4) is 11.4 Å². The molecule has 1 N–H and O–H groups in total. The normalized spacial score (nSPS) is 27.3. The molecule has 20 heavy (non-hydrogen) atoms. The number of nitrogens with zero attached hydrogens (tertiary/aromatic N) is 2. The van der Waals surface area contributed by atoms with Gasteiger partial charge in [-0.25, -0.2) is 4.79 Å². The molecule has 2 saturated carbocycles. The highest BCUT2D eigenvalue weighted by atomic mass is 16.5. The van der Waals surface area contributed by atoms with Gasteiger partial charge >= 0.3 is 5.97 Å². The van der Waals surface area contributed by atoms with E-state index in [1.165, 1.54) is 6.42 Å². The lowest BCUT2D eigenvalue weighted by Gasteiger charge is -2.03. The smallest absolute Gasteiger partial charge is 0.335 e. The van der Waals surface area contributed by atoms with E-state index in [0.29, 0.717) is 23.2 Å². The third-order valence-electron chi connectivity index (χ3n) is 4.40. The van der Waals surface area contributed by atoms with Crippen LogP contribution in [0.4, 0.5) is 0 Å². The summed E-state index contributed by atoms with van der Waals surface area (Å²) in [7, 11) is 0. The van der Waals surface area contributed by atoms with Gasteiger partial charge in [-0.3, -0.25) is 0 Å². The Morgan fingerprint density at radius 3 is 2.80 bits per heavy atom. The number of carbonyl (C=O) groups is 1. The zero-order valence-corrected chi connectivity index (χ0v) is 10.8. The zero-order valence-electron chi connectivity index (χ0n) is 10.8. The first-order valence-electron chi connectivity index (χ1n) is 6.88. The van der Waals surface area contributed by atoms with Crippen LogP contribution in [0.25, 0.3) is 11.4 Å². The van der Waals surface area contributed by atoms with E-state index in [-0.39, 0.29) is 5.56 Å². The predicted octanol–water partition coefficient (Wildman–Crippen LogP) is 2.95. The lowest BCUT2D eigenvalue weighted by atomic mass is 10.0. The molecule has 2 aliphatic carbocycles. The minimum absolute atomic E-state index is 0.232. The molecule has 0 saturated heterocycles. The fourth-order valence-electron chi connectivity index (χ4n) is 3.23. The molecule has 2 unspecified atom stereocenters. The molecule has 0 amide bonds. The van der Waals surface area contributed by atoms with Gasteiger partial charge < -0.3 is 9.63 Å². The van der Waals surface area contributed by atoms with Crippen LogP contribution in [-0.4, -0.2) is 21.2 Å². The Labute approximate surface area is 115 Å². The molecule has 1 aromatic heterocycles. The SMILES string of the molecule is O=C(O)c1cccc(-c2noc(C3CC4CC4C3)n2)c1. The molecule has 5 nitrogen and oxygen atoms in total. The van der Waals surface area contributed by atoms with Gasteiger partial charge in [-0.15, -0.1) is 0 Å². The Hall–Kier alpha value is -2.17. The van der Waals surface area contributed by atoms with Crippen molar-refractivity contribution in [3.63, 3.8) is 0 Å². The molecule has 2 aromatic rings. The standard InChI is InChI=1S/C15H14N2O3/c18-15(19)9-3-1-2-8(4-9)13-16-14(20-17-13)12-6-10-5-11(10)7-12/h1-4,10-12H,5-7H2,(H,18,19). The van der Waals surface area contributed by atoms with Crippen LogP contribution in [0.3, 0.4) is 0 Å². The number of aromatic nitrogens is 2. The van der Waals surface area contributed by atoms with Crippen LogP contribution in [0, 0.1) is 11.8 Å². The van der Waals surface area contributed by atoms with Gasteiger partial charge in [0.05, 0.1) is 5.56 Å². The van der Waals surface area contributed by atoms with Gasteiger partial charge in [0.25, 0.3) is 0 Å². The van der Waals surface area contributed by atoms with E-state index in [0.717, 1.165) is 24.7 Å². The molecule has 2 atom stereocenters. The van der Waals surface area contributed by atoms with Crippen molar-refractivity contribution < 1.29 is 14.4 Å². The Bertz CT molecular complexity index is 669. The summed E-state index contributed by atoms with van der Waals surface area (Å²) in [6.45, 7) is 0. The highest BCUT2D eigenvalue weighted by Crippen LogP contribution is 2.57. The molecule has 0 spiro atoms. The summed E-state index contributed by atoms with van der Waals surface area (Å²) in [4.78, 5) is 15.4. The molecule has 4 rings (SSSR count). The Morgan fingerprint density at radius 2 is 2.05 bits per heavy atom. The largest absolute Gasteiger partial charge is 0.478 e. The second-order valence-electron chi connectivity index (χ2n) is 5.77. The highest BCUT2D eigenvalue weighted by Gasteiger charge is 2.47. The first-order valence-corrected chi connectivity index (χ1v) is 6.88. The molecule has 1 aromatic carbocycles. The number of hydrogen-bond donors (Lipinski definition) is 1. The van der Waals surface area contributed by atoms with E-state index < -0.39 is 5.97 Å². The van der Waals surface area contributed by atoms with E-state index >= 15 is 0 Å². The first kappa shape index (κ1) is 11.6. The molecule has 5 heteroatoms. The average molecular weight is 270 g/mol. The fourth-order valence-corrected chi connectivity index (χ4v) is 3.23. The lowest BCUT2D eigenvalue weighted by Crippen LogP contribution is -1.97. The van der Waals surface area contributed by atoms with Gasteiger partial charge in [-0.1, -0.05) is 17.3 Å². The molecule has 102 valence electrons. The molecule has 0 bridgehead atoms. The van der Waals surface area contributed by atoms with E-state index in [1.54, 1.807) is 24.3 Å². The Kier molecular flexibility index (Phi) is 2.42. The van der Waals surface area contributed by atoms with Crippen LogP contribution in [0.1, 0.15) is 41.4 Å². The number of fused-ring (bicyclic) bond motifs is 1. The Balaban J connectivity index is 1.61. The van der Waals surface area contributed by atoms with E-state index in [9.17, 15) is 4.79 Å². The molecule has 2 aliphatic rings. The highest BCUT2D eigenvalue weighted by molar-refractivity contribution is 5.89. The minimum Gasteiger partial charge on any atom is -0.478 e. The van der Waals surface area contributed by atoms with Gasteiger partial charge in [-0.05, 0) is 43.2 Å². The van der Waals surface area contributed by atoms with Crippen molar-refractivity contribution in [1.82, 2.24) is 10.1 Å². The van der Waals surface area contributed by atoms with Gasteiger partial charge in [0, 0.05) is 11.5 Å². The van der Waals surface area contributed by atoms with Crippen LogP contribution < -0.4 is 0 Å². The number of carboxylic acids is 1. The summed E-state index contributed by atoms with van der Waals surface area (Å²) in [5.74, 6) is 2.35. The summed E-state index contributed by atoms with van der Waals surface area (Å²) in [6, 6.07) is 6.62. The number of carboxylic acid groups (broad SMARTS) is 1. The van der Waals surface area contributed by atoms with E-state index in [2.05, 4.69) is 10.1 Å². The number of hydrogen-bond acceptors (Lipinski definition) is 4. The van der Waals surface area contributed by atoms with Gasteiger partial charge in [0.2, 0.25) is 11.7 Å². The summed E-state index contributed by atoms with van der Waals surface area (Å²) < 4.78 is 5.36. The third-order valence-corrected chi connectivity index (χ3v) is 4.40. The molecule has 0 radical (unpaired) electrons. The van der Waals surface area contributed by atoms with Gasteiger partial charge in [-0.2, -0.15) is 4.98 Å². The second-order valence-corrected chi connectivity index (χ2v) is 5.77. The molecular formula is C15H14N2O3. The number of rotatable bonds is 3. The maximum Gasteiger partial charge on any atom is 0.335 e. The molecule has 1 heterocycles. The molecular weight excluding hydrogens is 256 g/mol. The van der Waals surface area contributed by atoms with Crippen LogP contribution >= 0.6 is 0 Å².